The Balaban J connectivity index is 2.00. The molecule has 0 spiro atoms. The first-order valence-electron chi connectivity index (χ1n) is 7.28. The number of hydrogen-bond acceptors (Lipinski definition) is 3. The quantitative estimate of drug-likeness (QED) is 0.645. The Labute approximate surface area is 115 Å². The fraction of sp³-hybridized carbons (Fsp3) is 0.562. The predicted octanol–water partition coefficient (Wildman–Crippen LogP) is 3.38. The van der Waals surface area contributed by atoms with Crippen molar-refractivity contribution in [2.75, 3.05) is 5.32 Å². The van der Waals surface area contributed by atoms with Crippen LogP contribution in [0.15, 0.2) is 24.3 Å². The number of anilines is 1. The summed E-state index contributed by atoms with van der Waals surface area (Å²) in [6.45, 7) is 1.87. The molecule has 3 nitrogen and oxygen atoms in total. The lowest BCUT2D eigenvalue weighted by molar-refractivity contribution is 0.0988. The molecule has 1 aromatic carbocycles. The standard InChI is InChI=1S/C16H23NO2/c1-2-15(18)12-8-10-13(11-9-12)17-14-6-4-3-5-7-16(14)19/h8-11,14,16-17,19H,2-7H2,1H3. The first-order chi connectivity index (χ1) is 9.20. The Bertz CT molecular complexity index is 413. The van der Waals surface area contributed by atoms with E-state index in [2.05, 4.69) is 5.32 Å². The third-order valence-corrected chi connectivity index (χ3v) is 3.86. The molecule has 2 N–H and O–H groups in total. The van der Waals surface area contributed by atoms with Crippen LogP contribution in [0.3, 0.4) is 0 Å². The topological polar surface area (TPSA) is 49.3 Å². The largest absolute Gasteiger partial charge is 0.391 e. The molecule has 0 saturated heterocycles. The summed E-state index contributed by atoms with van der Waals surface area (Å²) in [4.78, 5) is 11.6. The van der Waals surface area contributed by atoms with Gasteiger partial charge in [-0.1, -0.05) is 26.2 Å². The number of ketones is 1. The Kier molecular flexibility index (Phi) is 4.97. The second-order valence-electron chi connectivity index (χ2n) is 5.31. The summed E-state index contributed by atoms with van der Waals surface area (Å²) in [5.74, 6) is 0.168. The third-order valence-electron chi connectivity index (χ3n) is 3.86. The van der Waals surface area contributed by atoms with Gasteiger partial charge in [-0.05, 0) is 37.1 Å². The second kappa shape index (κ2) is 6.71. The van der Waals surface area contributed by atoms with Crippen LogP contribution in [-0.2, 0) is 0 Å². The summed E-state index contributed by atoms with van der Waals surface area (Å²) < 4.78 is 0. The molecule has 2 atom stereocenters. The zero-order valence-electron chi connectivity index (χ0n) is 11.6. The minimum atomic E-state index is -0.264. The summed E-state index contributed by atoms with van der Waals surface area (Å²) in [6.07, 6.45) is 5.65. The van der Waals surface area contributed by atoms with Crippen molar-refractivity contribution in [1.29, 1.82) is 0 Å². The summed E-state index contributed by atoms with van der Waals surface area (Å²) in [5, 5.41) is 13.5. The first-order valence-corrected chi connectivity index (χ1v) is 7.28. The van der Waals surface area contributed by atoms with Crippen LogP contribution in [0.4, 0.5) is 5.69 Å². The molecule has 0 aliphatic heterocycles. The summed E-state index contributed by atoms with van der Waals surface area (Å²) in [5.41, 5.74) is 1.74. The fourth-order valence-electron chi connectivity index (χ4n) is 2.63. The highest BCUT2D eigenvalue weighted by molar-refractivity contribution is 5.96. The van der Waals surface area contributed by atoms with Gasteiger partial charge in [0.25, 0.3) is 0 Å². The fourth-order valence-corrected chi connectivity index (χ4v) is 2.63. The van der Waals surface area contributed by atoms with E-state index in [9.17, 15) is 9.90 Å². The molecular formula is C16H23NO2. The van der Waals surface area contributed by atoms with E-state index in [0.717, 1.165) is 30.5 Å². The number of carbonyl (C=O) groups excluding carboxylic acids is 1. The number of carbonyl (C=O) groups is 1. The minimum Gasteiger partial charge on any atom is -0.391 e. The normalized spacial score (nSPS) is 23.7. The molecule has 1 aliphatic carbocycles. The first kappa shape index (κ1) is 14.1. The van der Waals surface area contributed by atoms with Crippen LogP contribution < -0.4 is 5.32 Å². The number of hydrogen-bond donors (Lipinski definition) is 2. The summed E-state index contributed by atoms with van der Waals surface area (Å²) in [6, 6.07) is 7.71. The number of aliphatic hydroxyl groups excluding tert-OH is 1. The number of benzene rings is 1. The van der Waals surface area contributed by atoms with Crippen LogP contribution in [-0.4, -0.2) is 23.0 Å². The maximum absolute atomic E-state index is 11.6. The SMILES string of the molecule is CCC(=O)c1ccc(NC2CCCCCC2O)cc1. The maximum atomic E-state index is 11.6. The lowest BCUT2D eigenvalue weighted by Gasteiger charge is -2.23. The van der Waals surface area contributed by atoms with Gasteiger partial charge < -0.3 is 10.4 Å². The van der Waals surface area contributed by atoms with E-state index in [1.807, 2.05) is 31.2 Å². The van der Waals surface area contributed by atoms with E-state index in [0.29, 0.717) is 6.42 Å². The van der Waals surface area contributed by atoms with Gasteiger partial charge in [-0.25, -0.2) is 0 Å². The van der Waals surface area contributed by atoms with Gasteiger partial charge in [-0.15, -0.1) is 0 Å². The molecule has 0 amide bonds. The number of rotatable bonds is 4. The maximum Gasteiger partial charge on any atom is 0.162 e. The lowest BCUT2D eigenvalue weighted by Crippen LogP contribution is -2.32. The average molecular weight is 261 g/mol. The monoisotopic (exact) mass is 261 g/mol. The van der Waals surface area contributed by atoms with Crippen LogP contribution >= 0.6 is 0 Å². The number of aliphatic hydroxyl groups is 1. The molecule has 104 valence electrons. The Morgan fingerprint density at radius 1 is 1.21 bits per heavy atom. The zero-order chi connectivity index (χ0) is 13.7. The zero-order valence-corrected chi connectivity index (χ0v) is 11.6. The van der Waals surface area contributed by atoms with E-state index >= 15 is 0 Å². The van der Waals surface area contributed by atoms with Crippen molar-refractivity contribution in [3.8, 4) is 0 Å². The Morgan fingerprint density at radius 2 is 1.89 bits per heavy atom. The molecule has 0 radical (unpaired) electrons. The van der Waals surface area contributed by atoms with E-state index in [-0.39, 0.29) is 17.9 Å². The van der Waals surface area contributed by atoms with Crippen LogP contribution in [0, 0.1) is 0 Å². The van der Waals surface area contributed by atoms with Gasteiger partial charge in [0.15, 0.2) is 5.78 Å². The molecule has 0 aromatic heterocycles. The summed E-state index contributed by atoms with van der Waals surface area (Å²) in [7, 11) is 0. The predicted molar refractivity (Wildman–Crippen MR) is 77.6 cm³/mol. The van der Waals surface area contributed by atoms with Gasteiger partial charge in [0.05, 0.1) is 12.1 Å². The van der Waals surface area contributed by atoms with Crippen molar-refractivity contribution in [2.24, 2.45) is 0 Å². The van der Waals surface area contributed by atoms with Crippen molar-refractivity contribution in [3.63, 3.8) is 0 Å². The van der Waals surface area contributed by atoms with Crippen LogP contribution in [0.5, 0.6) is 0 Å². The molecule has 1 aromatic rings. The van der Waals surface area contributed by atoms with E-state index in [1.165, 1.54) is 12.8 Å². The van der Waals surface area contributed by atoms with Crippen molar-refractivity contribution in [3.05, 3.63) is 29.8 Å². The van der Waals surface area contributed by atoms with Crippen LogP contribution in [0.1, 0.15) is 55.8 Å². The van der Waals surface area contributed by atoms with Gasteiger partial charge in [0, 0.05) is 17.7 Å². The summed E-state index contributed by atoms with van der Waals surface area (Å²) >= 11 is 0. The molecule has 1 saturated carbocycles. The highest BCUT2D eigenvalue weighted by atomic mass is 16.3. The highest BCUT2D eigenvalue weighted by Gasteiger charge is 2.21. The second-order valence-corrected chi connectivity index (χ2v) is 5.31. The van der Waals surface area contributed by atoms with Gasteiger partial charge >= 0.3 is 0 Å². The van der Waals surface area contributed by atoms with Crippen LogP contribution in [0.25, 0.3) is 0 Å². The van der Waals surface area contributed by atoms with Crippen LogP contribution in [0.2, 0.25) is 0 Å². The van der Waals surface area contributed by atoms with E-state index in [1.54, 1.807) is 0 Å². The minimum absolute atomic E-state index is 0.134. The molecule has 0 heterocycles. The molecule has 2 rings (SSSR count). The number of Topliss-reactive ketones (excluding diaryl/α,β-unsaturated/α-hetero) is 1. The van der Waals surface area contributed by atoms with E-state index < -0.39 is 0 Å². The lowest BCUT2D eigenvalue weighted by atomic mass is 10.0. The Morgan fingerprint density at radius 3 is 2.58 bits per heavy atom. The van der Waals surface area contributed by atoms with E-state index in [4.69, 9.17) is 0 Å². The van der Waals surface area contributed by atoms with Gasteiger partial charge in [0.1, 0.15) is 0 Å². The smallest absolute Gasteiger partial charge is 0.162 e. The van der Waals surface area contributed by atoms with Gasteiger partial charge in [-0.2, -0.15) is 0 Å². The number of nitrogens with one attached hydrogen (secondary N) is 1. The Hall–Kier alpha value is -1.35. The van der Waals surface area contributed by atoms with Crippen molar-refractivity contribution in [2.45, 2.75) is 57.6 Å². The average Bonchev–Trinajstić information content (AvgIpc) is 2.64. The molecule has 3 heteroatoms. The van der Waals surface area contributed by atoms with Crippen molar-refractivity contribution >= 4 is 11.5 Å². The molecule has 0 bridgehead atoms. The third kappa shape index (κ3) is 3.80. The molecule has 1 aliphatic rings. The molecular weight excluding hydrogens is 238 g/mol. The van der Waals surface area contributed by atoms with Crippen molar-refractivity contribution in [1.82, 2.24) is 0 Å². The van der Waals surface area contributed by atoms with Crippen molar-refractivity contribution < 1.29 is 9.90 Å². The molecule has 2 unspecified atom stereocenters. The van der Waals surface area contributed by atoms with Gasteiger partial charge in [-0.3, -0.25) is 4.79 Å². The molecule has 1 fully saturated rings. The highest BCUT2D eigenvalue weighted by Crippen LogP contribution is 2.22. The van der Waals surface area contributed by atoms with Gasteiger partial charge in [0.2, 0.25) is 0 Å². The molecule has 19 heavy (non-hydrogen) atoms.